The zero-order valence-corrected chi connectivity index (χ0v) is 11.1. The van der Waals surface area contributed by atoms with Crippen LogP contribution in [0.15, 0.2) is 34.7 Å². The van der Waals surface area contributed by atoms with Crippen LogP contribution in [0.25, 0.3) is 11.3 Å². The number of alkyl halides is 3. The lowest BCUT2D eigenvalue weighted by Gasteiger charge is -2.09. The van der Waals surface area contributed by atoms with E-state index in [0.717, 1.165) is 12.1 Å². The van der Waals surface area contributed by atoms with Crippen molar-refractivity contribution in [3.63, 3.8) is 0 Å². The summed E-state index contributed by atoms with van der Waals surface area (Å²) < 4.78 is 43.5. The Bertz CT molecular complexity index is 590. The summed E-state index contributed by atoms with van der Waals surface area (Å²) in [4.78, 5) is 0. The van der Waals surface area contributed by atoms with Crippen LogP contribution in [0.1, 0.15) is 17.7 Å². The van der Waals surface area contributed by atoms with E-state index in [0.29, 0.717) is 18.6 Å². The maximum absolute atomic E-state index is 12.7. The molecule has 1 N–H and O–H groups in total. The normalized spacial score (nSPS) is 11.8. The number of hydrogen-bond acceptors (Lipinski definition) is 2. The van der Waals surface area contributed by atoms with E-state index in [9.17, 15) is 13.2 Å². The summed E-state index contributed by atoms with van der Waals surface area (Å²) in [7, 11) is 0. The van der Waals surface area contributed by atoms with Crippen LogP contribution in [-0.2, 0) is 12.6 Å². The molecule has 108 valence electrons. The predicted octanol–water partition coefficient (Wildman–Crippen LogP) is 4.54. The average Bonchev–Trinajstić information content (AvgIpc) is 2.84. The van der Waals surface area contributed by atoms with Crippen molar-refractivity contribution in [2.45, 2.75) is 19.0 Å². The Balaban J connectivity index is 2.34. The van der Waals surface area contributed by atoms with Gasteiger partial charge in [-0.25, -0.2) is 0 Å². The number of benzene rings is 1. The van der Waals surface area contributed by atoms with Crippen molar-refractivity contribution in [2.75, 3.05) is 6.61 Å². The molecule has 1 aromatic heterocycles. The summed E-state index contributed by atoms with van der Waals surface area (Å²) >= 11 is 5.93. The smallest absolute Gasteiger partial charge is 0.416 e. The SMILES string of the molecule is OCCCc1ccc(-c2cc(C(F)(F)F)ccc2Cl)o1. The van der Waals surface area contributed by atoms with Crippen molar-refractivity contribution in [3.05, 3.63) is 46.7 Å². The van der Waals surface area contributed by atoms with Gasteiger partial charge in [-0.05, 0) is 36.8 Å². The first-order chi connectivity index (χ1) is 9.41. The van der Waals surface area contributed by atoms with Crippen molar-refractivity contribution in [1.29, 1.82) is 0 Å². The maximum Gasteiger partial charge on any atom is 0.416 e. The Labute approximate surface area is 118 Å². The summed E-state index contributed by atoms with van der Waals surface area (Å²) in [6.07, 6.45) is -3.37. The van der Waals surface area contributed by atoms with Crippen molar-refractivity contribution >= 4 is 11.6 Å². The Morgan fingerprint density at radius 1 is 1.15 bits per heavy atom. The van der Waals surface area contributed by atoms with Gasteiger partial charge >= 0.3 is 6.18 Å². The molecule has 0 saturated carbocycles. The fourth-order valence-electron chi connectivity index (χ4n) is 1.80. The number of halogens is 4. The molecule has 6 heteroatoms. The van der Waals surface area contributed by atoms with E-state index in [4.69, 9.17) is 21.1 Å². The van der Waals surface area contributed by atoms with Gasteiger partial charge in [-0.15, -0.1) is 0 Å². The van der Waals surface area contributed by atoms with Crippen LogP contribution >= 0.6 is 11.6 Å². The van der Waals surface area contributed by atoms with Crippen molar-refractivity contribution in [2.24, 2.45) is 0 Å². The van der Waals surface area contributed by atoms with Crippen LogP contribution in [0.3, 0.4) is 0 Å². The number of aliphatic hydroxyl groups is 1. The van der Waals surface area contributed by atoms with E-state index >= 15 is 0 Å². The highest BCUT2D eigenvalue weighted by molar-refractivity contribution is 6.33. The van der Waals surface area contributed by atoms with E-state index in [1.807, 2.05) is 0 Å². The summed E-state index contributed by atoms with van der Waals surface area (Å²) in [5, 5.41) is 8.93. The second-order valence-electron chi connectivity index (χ2n) is 4.29. The van der Waals surface area contributed by atoms with Crippen LogP contribution in [0.5, 0.6) is 0 Å². The van der Waals surface area contributed by atoms with Crippen molar-refractivity contribution in [1.82, 2.24) is 0 Å². The molecule has 0 radical (unpaired) electrons. The number of hydrogen-bond donors (Lipinski definition) is 1. The molecule has 0 aliphatic carbocycles. The zero-order valence-electron chi connectivity index (χ0n) is 10.4. The Morgan fingerprint density at radius 2 is 1.90 bits per heavy atom. The quantitative estimate of drug-likeness (QED) is 0.899. The van der Waals surface area contributed by atoms with Crippen LogP contribution in [0.2, 0.25) is 5.02 Å². The lowest BCUT2D eigenvalue weighted by molar-refractivity contribution is -0.137. The van der Waals surface area contributed by atoms with Crippen LogP contribution < -0.4 is 0 Å². The molecular formula is C14H12ClF3O2. The first-order valence-corrected chi connectivity index (χ1v) is 6.36. The maximum atomic E-state index is 12.7. The Hall–Kier alpha value is -1.46. The molecule has 0 saturated heterocycles. The third-order valence-electron chi connectivity index (χ3n) is 2.80. The van der Waals surface area contributed by atoms with Crippen molar-refractivity contribution < 1.29 is 22.7 Å². The molecule has 2 nitrogen and oxygen atoms in total. The third-order valence-corrected chi connectivity index (χ3v) is 3.13. The minimum Gasteiger partial charge on any atom is -0.461 e. The topological polar surface area (TPSA) is 33.4 Å². The number of rotatable bonds is 4. The largest absolute Gasteiger partial charge is 0.461 e. The predicted molar refractivity (Wildman–Crippen MR) is 69.6 cm³/mol. The minimum atomic E-state index is -4.42. The highest BCUT2D eigenvalue weighted by Gasteiger charge is 2.31. The average molecular weight is 305 g/mol. The monoisotopic (exact) mass is 304 g/mol. The van der Waals surface area contributed by atoms with Gasteiger partial charge in [0.2, 0.25) is 0 Å². The van der Waals surface area contributed by atoms with E-state index in [-0.39, 0.29) is 23.0 Å². The van der Waals surface area contributed by atoms with Crippen molar-refractivity contribution in [3.8, 4) is 11.3 Å². The molecule has 0 unspecified atom stereocenters. The molecular weight excluding hydrogens is 293 g/mol. The molecule has 0 bridgehead atoms. The first kappa shape index (κ1) is 14.9. The van der Waals surface area contributed by atoms with E-state index in [1.54, 1.807) is 12.1 Å². The summed E-state index contributed by atoms with van der Waals surface area (Å²) in [6.45, 7) is 0.0281. The second-order valence-corrected chi connectivity index (χ2v) is 4.69. The molecule has 0 fully saturated rings. The van der Waals surface area contributed by atoms with Gasteiger partial charge < -0.3 is 9.52 Å². The highest BCUT2D eigenvalue weighted by atomic mass is 35.5. The van der Waals surface area contributed by atoms with Gasteiger partial charge in [0.05, 0.1) is 10.6 Å². The van der Waals surface area contributed by atoms with Gasteiger partial charge in [0, 0.05) is 18.6 Å². The summed E-state index contributed by atoms with van der Waals surface area (Å²) in [5.41, 5.74) is -0.568. The molecule has 20 heavy (non-hydrogen) atoms. The molecule has 2 rings (SSSR count). The van der Waals surface area contributed by atoms with Crippen LogP contribution in [0, 0.1) is 0 Å². The van der Waals surface area contributed by atoms with E-state index in [1.165, 1.54) is 6.07 Å². The van der Waals surface area contributed by atoms with Gasteiger partial charge in [-0.1, -0.05) is 11.6 Å². The Morgan fingerprint density at radius 3 is 2.55 bits per heavy atom. The van der Waals surface area contributed by atoms with E-state index < -0.39 is 11.7 Å². The molecule has 0 spiro atoms. The zero-order chi connectivity index (χ0) is 14.8. The van der Waals surface area contributed by atoms with Crippen LogP contribution in [0.4, 0.5) is 13.2 Å². The van der Waals surface area contributed by atoms with Crippen LogP contribution in [-0.4, -0.2) is 11.7 Å². The highest BCUT2D eigenvalue weighted by Crippen LogP contribution is 2.36. The number of aliphatic hydroxyl groups excluding tert-OH is 1. The minimum absolute atomic E-state index is 0.0281. The van der Waals surface area contributed by atoms with Gasteiger partial charge in [-0.2, -0.15) is 13.2 Å². The van der Waals surface area contributed by atoms with Gasteiger partial charge in [0.1, 0.15) is 11.5 Å². The first-order valence-electron chi connectivity index (χ1n) is 5.98. The van der Waals surface area contributed by atoms with E-state index in [2.05, 4.69) is 0 Å². The van der Waals surface area contributed by atoms with Gasteiger partial charge in [0.25, 0.3) is 0 Å². The summed E-state index contributed by atoms with van der Waals surface area (Å²) in [6, 6.07) is 6.35. The fraction of sp³-hybridized carbons (Fsp3) is 0.286. The molecule has 0 atom stereocenters. The lowest BCUT2D eigenvalue weighted by Crippen LogP contribution is -2.04. The second kappa shape index (κ2) is 5.89. The fourth-order valence-corrected chi connectivity index (χ4v) is 2.01. The number of furan rings is 1. The molecule has 0 aliphatic heterocycles. The van der Waals surface area contributed by atoms with Gasteiger partial charge in [-0.3, -0.25) is 0 Å². The number of aryl methyl sites for hydroxylation is 1. The lowest BCUT2D eigenvalue weighted by atomic mass is 10.1. The Kier molecular flexibility index (Phi) is 4.40. The molecule has 1 heterocycles. The van der Waals surface area contributed by atoms with Gasteiger partial charge in [0.15, 0.2) is 0 Å². The summed E-state index contributed by atoms with van der Waals surface area (Å²) in [5.74, 6) is 0.886. The molecule has 2 aromatic rings. The molecule has 0 amide bonds. The third kappa shape index (κ3) is 3.35. The molecule has 0 aliphatic rings. The molecule has 1 aromatic carbocycles. The standard InChI is InChI=1S/C14H12ClF3O2/c15-12-5-3-9(14(16,17)18)8-11(12)13-6-4-10(20-13)2-1-7-19/h3-6,8,19H,1-2,7H2.